The summed E-state index contributed by atoms with van der Waals surface area (Å²) in [6.07, 6.45) is 4.01. The third-order valence-corrected chi connectivity index (χ3v) is 2.58. The fraction of sp³-hybridized carbons (Fsp3) is 0.636. The Labute approximate surface area is 94.7 Å². The predicted molar refractivity (Wildman–Crippen MR) is 58.1 cm³/mol. The molecule has 1 unspecified atom stereocenters. The Morgan fingerprint density at radius 2 is 2.31 bits per heavy atom. The number of carbonyl (C=O) groups excluding carboxylic acids is 1. The second-order valence-electron chi connectivity index (χ2n) is 3.77. The van der Waals surface area contributed by atoms with Crippen molar-refractivity contribution in [2.45, 2.75) is 19.8 Å². The van der Waals surface area contributed by atoms with Crippen LogP contribution in [0.5, 0.6) is 0 Å². The van der Waals surface area contributed by atoms with Crippen molar-refractivity contribution in [3.05, 3.63) is 12.2 Å². The first kappa shape index (κ1) is 12.5. The second kappa shape index (κ2) is 6.15. The van der Waals surface area contributed by atoms with Crippen LogP contribution in [-0.2, 0) is 9.53 Å². The number of piperidine rings is 1. The molecule has 90 valence electrons. The lowest BCUT2D eigenvalue weighted by molar-refractivity contribution is -0.148. The van der Waals surface area contributed by atoms with Crippen molar-refractivity contribution in [3.63, 3.8) is 0 Å². The van der Waals surface area contributed by atoms with Gasteiger partial charge in [0.2, 0.25) is 0 Å². The molecule has 1 rings (SSSR count). The summed E-state index contributed by atoms with van der Waals surface area (Å²) >= 11 is 0. The first-order valence-corrected chi connectivity index (χ1v) is 5.40. The van der Waals surface area contributed by atoms with E-state index in [0.29, 0.717) is 13.0 Å². The minimum absolute atomic E-state index is 0.254. The van der Waals surface area contributed by atoms with E-state index in [1.54, 1.807) is 12.2 Å². The molecular weight excluding hydrogens is 210 g/mol. The van der Waals surface area contributed by atoms with E-state index >= 15 is 0 Å². The van der Waals surface area contributed by atoms with Gasteiger partial charge in [0, 0.05) is 13.1 Å². The molecule has 0 aliphatic carbocycles. The van der Waals surface area contributed by atoms with Gasteiger partial charge in [-0.25, -0.2) is 4.79 Å². The molecule has 1 saturated heterocycles. The highest BCUT2D eigenvalue weighted by molar-refractivity contribution is 5.74. The van der Waals surface area contributed by atoms with Gasteiger partial charge in [-0.05, 0) is 19.8 Å². The number of nitrogens with zero attached hydrogens (tertiary/aromatic N) is 1. The van der Waals surface area contributed by atoms with Crippen LogP contribution in [-0.4, -0.2) is 41.8 Å². The van der Waals surface area contributed by atoms with E-state index in [-0.39, 0.29) is 25.0 Å². The van der Waals surface area contributed by atoms with Crippen molar-refractivity contribution in [2.75, 3.05) is 19.7 Å². The molecule has 1 aliphatic heterocycles. The summed E-state index contributed by atoms with van der Waals surface area (Å²) in [5, 5.41) is 8.81. The van der Waals surface area contributed by atoms with Gasteiger partial charge in [0.25, 0.3) is 0 Å². The number of likely N-dealkylation sites (tertiary alicyclic amines) is 1. The minimum Gasteiger partial charge on any atom is -0.465 e. The minimum atomic E-state index is -0.967. The Morgan fingerprint density at radius 3 is 2.94 bits per heavy atom. The van der Waals surface area contributed by atoms with Crippen molar-refractivity contribution in [1.29, 1.82) is 0 Å². The molecule has 1 heterocycles. The summed E-state index contributed by atoms with van der Waals surface area (Å²) in [4.78, 5) is 23.6. The molecule has 0 aromatic heterocycles. The number of hydrogen-bond donors (Lipinski definition) is 1. The maximum Gasteiger partial charge on any atom is 0.407 e. The van der Waals surface area contributed by atoms with Crippen LogP contribution >= 0.6 is 0 Å². The van der Waals surface area contributed by atoms with Crippen molar-refractivity contribution in [3.8, 4) is 0 Å². The molecule has 0 saturated carbocycles. The maximum absolute atomic E-state index is 11.6. The molecule has 1 aliphatic rings. The Morgan fingerprint density at radius 1 is 1.56 bits per heavy atom. The first-order valence-electron chi connectivity index (χ1n) is 5.40. The van der Waals surface area contributed by atoms with Crippen LogP contribution < -0.4 is 0 Å². The van der Waals surface area contributed by atoms with Crippen LogP contribution in [0, 0.1) is 5.92 Å². The molecule has 0 radical (unpaired) electrons. The molecule has 0 bridgehead atoms. The molecule has 1 atom stereocenters. The monoisotopic (exact) mass is 227 g/mol. The predicted octanol–water partition coefficient (Wildman–Crippen LogP) is 1.50. The number of carbonyl (C=O) groups is 2. The van der Waals surface area contributed by atoms with Crippen molar-refractivity contribution >= 4 is 12.1 Å². The van der Waals surface area contributed by atoms with Crippen molar-refractivity contribution in [1.82, 2.24) is 4.90 Å². The molecule has 0 aromatic carbocycles. The van der Waals surface area contributed by atoms with Gasteiger partial charge in [-0.1, -0.05) is 12.2 Å². The summed E-state index contributed by atoms with van der Waals surface area (Å²) in [6, 6.07) is 0. The average Bonchev–Trinajstić information content (AvgIpc) is 2.29. The number of allylic oxidation sites excluding steroid dienone is 1. The van der Waals surface area contributed by atoms with Crippen LogP contribution in [0.1, 0.15) is 19.8 Å². The van der Waals surface area contributed by atoms with E-state index in [4.69, 9.17) is 9.84 Å². The first-order chi connectivity index (χ1) is 7.65. The summed E-state index contributed by atoms with van der Waals surface area (Å²) in [7, 11) is 0. The zero-order chi connectivity index (χ0) is 12.0. The number of carboxylic acid groups (broad SMARTS) is 1. The van der Waals surface area contributed by atoms with E-state index in [9.17, 15) is 9.59 Å². The summed E-state index contributed by atoms with van der Waals surface area (Å²) < 4.78 is 5.00. The molecular formula is C11H17NO4. The molecule has 0 spiro atoms. The van der Waals surface area contributed by atoms with E-state index in [2.05, 4.69) is 0 Å². The third-order valence-electron chi connectivity index (χ3n) is 2.58. The van der Waals surface area contributed by atoms with Crippen LogP contribution in [0.2, 0.25) is 0 Å². The van der Waals surface area contributed by atoms with Gasteiger partial charge in [0.05, 0.1) is 5.92 Å². The smallest absolute Gasteiger partial charge is 0.407 e. The summed E-state index contributed by atoms with van der Waals surface area (Å²) in [5.74, 6) is -0.612. The molecule has 5 nitrogen and oxygen atoms in total. The largest absolute Gasteiger partial charge is 0.465 e. The van der Waals surface area contributed by atoms with Crippen molar-refractivity contribution in [2.24, 2.45) is 5.92 Å². The van der Waals surface area contributed by atoms with E-state index in [0.717, 1.165) is 6.42 Å². The topological polar surface area (TPSA) is 66.8 Å². The zero-order valence-corrected chi connectivity index (χ0v) is 9.39. The van der Waals surface area contributed by atoms with Gasteiger partial charge >= 0.3 is 12.1 Å². The number of hydrogen-bond acceptors (Lipinski definition) is 3. The number of rotatable bonds is 3. The molecule has 1 amide bonds. The SMILES string of the molecule is C/C=C\COC(=O)C1CCCN(C(=O)O)C1. The number of ether oxygens (including phenoxy) is 1. The number of esters is 1. The summed E-state index contributed by atoms with van der Waals surface area (Å²) in [5.41, 5.74) is 0. The van der Waals surface area contributed by atoms with Crippen LogP contribution in [0.25, 0.3) is 0 Å². The standard InChI is InChI=1S/C11H17NO4/c1-2-3-7-16-10(13)9-5-4-6-12(8-9)11(14)15/h2-3,9H,4-8H2,1H3,(H,14,15)/b3-2-. The highest BCUT2D eigenvalue weighted by Crippen LogP contribution is 2.17. The molecule has 5 heteroatoms. The fourth-order valence-electron chi connectivity index (χ4n) is 1.69. The average molecular weight is 227 g/mol. The van der Waals surface area contributed by atoms with Gasteiger partial charge in [0.1, 0.15) is 6.61 Å². The highest BCUT2D eigenvalue weighted by Gasteiger charge is 2.28. The van der Waals surface area contributed by atoms with Gasteiger partial charge in [-0.15, -0.1) is 0 Å². The Hall–Kier alpha value is -1.52. The van der Waals surface area contributed by atoms with Crippen LogP contribution in [0.3, 0.4) is 0 Å². The lowest BCUT2D eigenvalue weighted by Crippen LogP contribution is -2.42. The maximum atomic E-state index is 11.6. The Balaban J connectivity index is 2.40. The Bertz CT molecular complexity index is 288. The molecule has 1 N–H and O–H groups in total. The normalized spacial score (nSPS) is 21.1. The third kappa shape index (κ3) is 3.56. The van der Waals surface area contributed by atoms with Gasteiger partial charge in [-0.2, -0.15) is 0 Å². The highest BCUT2D eigenvalue weighted by atomic mass is 16.5. The summed E-state index contributed by atoms with van der Waals surface area (Å²) in [6.45, 7) is 2.87. The molecule has 1 fully saturated rings. The van der Waals surface area contributed by atoms with Gasteiger partial charge < -0.3 is 14.7 Å². The lowest BCUT2D eigenvalue weighted by Gasteiger charge is -2.29. The van der Waals surface area contributed by atoms with Crippen LogP contribution in [0.15, 0.2) is 12.2 Å². The fourth-order valence-corrected chi connectivity index (χ4v) is 1.69. The van der Waals surface area contributed by atoms with Crippen LogP contribution in [0.4, 0.5) is 4.79 Å². The lowest BCUT2D eigenvalue weighted by atomic mass is 9.99. The van der Waals surface area contributed by atoms with E-state index in [1.807, 2.05) is 6.92 Å². The van der Waals surface area contributed by atoms with Gasteiger partial charge in [0.15, 0.2) is 0 Å². The van der Waals surface area contributed by atoms with Gasteiger partial charge in [-0.3, -0.25) is 4.79 Å². The number of amides is 1. The Kier molecular flexibility index (Phi) is 4.82. The van der Waals surface area contributed by atoms with E-state index in [1.165, 1.54) is 4.90 Å². The quantitative estimate of drug-likeness (QED) is 0.586. The molecule has 16 heavy (non-hydrogen) atoms. The molecule has 0 aromatic rings. The van der Waals surface area contributed by atoms with E-state index < -0.39 is 6.09 Å². The second-order valence-corrected chi connectivity index (χ2v) is 3.77. The van der Waals surface area contributed by atoms with Crippen molar-refractivity contribution < 1.29 is 19.4 Å². The zero-order valence-electron chi connectivity index (χ0n) is 9.39.